The van der Waals surface area contributed by atoms with E-state index >= 15 is 0 Å². The van der Waals surface area contributed by atoms with E-state index in [2.05, 4.69) is 9.98 Å². The Balaban J connectivity index is 2.38. The first kappa shape index (κ1) is 8.62. The number of carbonyl (C=O) groups is 1. The largest absolute Gasteiger partial charge is 0.478 e. The van der Waals surface area contributed by atoms with E-state index in [-0.39, 0.29) is 0 Å². The van der Waals surface area contributed by atoms with Crippen LogP contribution in [0.1, 0.15) is 6.42 Å². The number of nitrogens with zero attached hydrogens (tertiary/aromatic N) is 2. The summed E-state index contributed by atoms with van der Waals surface area (Å²) in [5, 5.41) is 8.80. The minimum Gasteiger partial charge on any atom is -0.478 e. The second kappa shape index (κ2) is 3.41. The van der Waals surface area contributed by atoms with Gasteiger partial charge in [0.25, 0.3) is 0 Å². The first-order chi connectivity index (χ1) is 6.77. The quantitative estimate of drug-likeness (QED) is 0.674. The zero-order chi connectivity index (χ0) is 9.97. The maximum atomic E-state index is 10.7. The van der Waals surface area contributed by atoms with Crippen LogP contribution >= 0.6 is 0 Å². The van der Waals surface area contributed by atoms with Crippen molar-refractivity contribution in [2.75, 3.05) is 0 Å². The lowest BCUT2D eigenvalue weighted by Crippen LogP contribution is -2.05. The molecule has 0 radical (unpaired) electrons. The molecule has 0 spiro atoms. The predicted molar refractivity (Wildman–Crippen MR) is 53.5 cm³/mol. The number of carboxylic acid groups (broad SMARTS) is 1. The van der Waals surface area contributed by atoms with Gasteiger partial charge in [-0.1, -0.05) is 0 Å². The third-order valence-electron chi connectivity index (χ3n) is 2.02. The van der Waals surface area contributed by atoms with Crippen molar-refractivity contribution in [2.45, 2.75) is 6.42 Å². The first-order valence-corrected chi connectivity index (χ1v) is 4.17. The minimum absolute atomic E-state index is 0.368. The van der Waals surface area contributed by atoms with E-state index in [1.54, 1.807) is 30.8 Å². The highest BCUT2D eigenvalue weighted by molar-refractivity contribution is 6.17. The van der Waals surface area contributed by atoms with Crippen molar-refractivity contribution in [3.8, 4) is 0 Å². The molecule has 4 nitrogen and oxygen atoms in total. The third-order valence-corrected chi connectivity index (χ3v) is 2.02. The zero-order valence-corrected chi connectivity index (χ0v) is 7.34. The number of hydrogen-bond acceptors (Lipinski definition) is 3. The zero-order valence-electron chi connectivity index (χ0n) is 7.34. The van der Waals surface area contributed by atoms with E-state index in [9.17, 15) is 4.79 Å². The van der Waals surface area contributed by atoms with Gasteiger partial charge in [0.2, 0.25) is 0 Å². The van der Waals surface area contributed by atoms with Crippen LogP contribution in [0.2, 0.25) is 0 Å². The number of aliphatic carboxylic acids is 1. The number of allylic oxidation sites excluding steroid dienone is 3. The molecular weight excluding hydrogens is 180 g/mol. The molecule has 0 aromatic carbocycles. The average Bonchev–Trinajstić information content (AvgIpc) is 2.41. The normalized spacial score (nSPS) is 19.0. The second-order valence-electron chi connectivity index (χ2n) is 2.96. The van der Waals surface area contributed by atoms with Crippen LogP contribution in [-0.4, -0.2) is 23.5 Å². The van der Waals surface area contributed by atoms with Gasteiger partial charge in [-0.3, -0.25) is 9.98 Å². The Labute approximate surface area is 80.7 Å². The first-order valence-electron chi connectivity index (χ1n) is 4.17. The molecule has 0 saturated heterocycles. The molecule has 0 aromatic heterocycles. The molecule has 2 rings (SSSR count). The Morgan fingerprint density at radius 1 is 1.36 bits per heavy atom. The summed E-state index contributed by atoms with van der Waals surface area (Å²) < 4.78 is 0. The van der Waals surface area contributed by atoms with Gasteiger partial charge in [0.05, 0.1) is 5.70 Å². The molecule has 0 fully saturated rings. The molecule has 0 atom stereocenters. The summed E-state index contributed by atoms with van der Waals surface area (Å²) in [7, 11) is 0. The summed E-state index contributed by atoms with van der Waals surface area (Å²) in [6.45, 7) is 0. The van der Waals surface area contributed by atoms with Crippen molar-refractivity contribution in [3.63, 3.8) is 0 Å². The molecule has 1 heterocycles. The van der Waals surface area contributed by atoms with Crippen LogP contribution in [0.4, 0.5) is 0 Å². The standard InChI is InChI=1S/C10H8N2O2/c13-10(14)7-1-2-9-8(5-7)6-11-3-4-12-9/h1-4,6H,5H2,(H,13,14). The van der Waals surface area contributed by atoms with Gasteiger partial charge in [-0.05, 0) is 12.2 Å². The fourth-order valence-electron chi connectivity index (χ4n) is 1.31. The highest BCUT2D eigenvalue weighted by Gasteiger charge is 2.16. The third kappa shape index (κ3) is 1.54. The summed E-state index contributed by atoms with van der Waals surface area (Å²) >= 11 is 0. The predicted octanol–water partition coefficient (Wildman–Crippen LogP) is 1.32. The van der Waals surface area contributed by atoms with Crippen LogP contribution in [0.25, 0.3) is 0 Å². The smallest absolute Gasteiger partial charge is 0.331 e. The minimum atomic E-state index is -0.890. The van der Waals surface area contributed by atoms with Gasteiger partial charge in [0.1, 0.15) is 0 Å². The summed E-state index contributed by atoms with van der Waals surface area (Å²) in [4.78, 5) is 18.8. The summed E-state index contributed by atoms with van der Waals surface area (Å²) in [5.74, 6) is -0.890. The van der Waals surface area contributed by atoms with Crippen LogP contribution in [0.15, 0.2) is 45.2 Å². The molecule has 14 heavy (non-hydrogen) atoms. The van der Waals surface area contributed by atoms with Crippen molar-refractivity contribution in [3.05, 3.63) is 35.2 Å². The highest BCUT2D eigenvalue weighted by atomic mass is 16.4. The van der Waals surface area contributed by atoms with E-state index in [1.807, 2.05) is 0 Å². The SMILES string of the molecule is O=C(O)C1=CC=C2N=CC=NC=C2C1. The Bertz CT molecular complexity index is 425. The molecule has 1 N–H and O–H groups in total. The van der Waals surface area contributed by atoms with Crippen molar-refractivity contribution in [2.24, 2.45) is 9.98 Å². The lowest BCUT2D eigenvalue weighted by Gasteiger charge is -2.10. The van der Waals surface area contributed by atoms with Gasteiger partial charge in [-0.2, -0.15) is 0 Å². The monoisotopic (exact) mass is 188 g/mol. The molecule has 1 aliphatic heterocycles. The van der Waals surface area contributed by atoms with Crippen molar-refractivity contribution in [1.29, 1.82) is 0 Å². The Hall–Kier alpha value is -1.97. The van der Waals surface area contributed by atoms with Crippen LogP contribution < -0.4 is 0 Å². The topological polar surface area (TPSA) is 62.0 Å². The summed E-state index contributed by atoms with van der Waals surface area (Å²) in [5.41, 5.74) is 2.00. The van der Waals surface area contributed by atoms with Crippen molar-refractivity contribution < 1.29 is 9.90 Å². The van der Waals surface area contributed by atoms with Gasteiger partial charge < -0.3 is 5.11 Å². The van der Waals surface area contributed by atoms with E-state index < -0.39 is 5.97 Å². The van der Waals surface area contributed by atoms with Crippen LogP contribution in [0.3, 0.4) is 0 Å². The second-order valence-corrected chi connectivity index (χ2v) is 2.96. The fraction of sp³-hybridized carbons (Fsp3) is 0.100. The molecule has 4 heteroatoms. The van der Waals surface area contributed by atoms with Crippen molar-refractivity contribution >= 4 is 18.4 Å². The van der Waals surface area contributed by atoms with E-state index in [1.165, 1.54) is 0 Å². The van der Waals surface area contributed by atoms with Gasteiger partial charge in [-0.15, -0.1) is 0 Å². The molecule has 70 valence electrons. The Kier molecular flexibility index (Phi) is 2.10. The van der Waals surface area contributed by atoms with Crippen LogP contribution in [0.5, 0.6) is 0 Å². The maximum absolute atomic E-state index is 10.7. The molecule has 0 saturated carbocycles. The number of rotatable bonds is 1. The number of aliphatic imine (C=N–C) groups is 2. The molecule has 0 amide bonds. The summed E-state index contributed by atoms with van der Waals surface area (Å²) in [6.07, 6.45) is 8.48. The van der Waals surface area contributed by atoms with Gasteiger partial charge in [0.15, 0.2) is 0 Å². The molecule has 0 aromatic rings. The van der Waals surface area contributed by atoms with Crippen molar-refractivity contribution in [1.82, 2.24) is 0 Å². The number of carboxylic acids is 1. The molecular formula is C10H8N2O2. The number of fused-ring (bicyclic) bond motifs is 1. The number of hydrogen-bond donors (Lipinski definition) is 1. The molecule has 1 aliphatic carbocycles. The van der Waals surface area contributed by atoms with Crippen LogP contribution in [-0.2, 0) is 4.79 Å². The Morgan fingerprint density at radius 2 is 2.21 bits per heavy atom. The fourth-order valence-corrected chi connectivity index (χ4v) is 1.31. The van der Waals surface area contributed by atoms with Gasteiger partial charge in [-0.25, -0.2) is 4.79 Å². The van der Waals surface area contributed by atoms with E-state index in [0.29, 0.717) is 12.0 Å². The Morgan fingerprint density at radius 3 is 3.00 bits per heavy atom. The highest BCUT2D eigenvalue weighted by Crippen LogP contribution is 2.25. The average molecular weight is 188 g/mol. The lowest BCUT2D eigenvalue weighted by atomic mass is 9.98. The van der Waals surface area contributed by atoms with Gasteiger partial charge >= 0.3 is 5.97 Å². The van der Waals surface area contributed by atoms with E-state index in [0.717, 1.165) is 11.3 Å². The van der Waals surface area contributed by atoms with Gasteiger partial charge in [0, 0.05) is 36.2 Å². The van der Waals surface area contributed by atoms with E-state index in [4.69, 9.17) is 5.11 Å². The molecule has 2 aliphatic rings. The van der Waals surface area contributed by atoms with Crippen LogP contribution in [0, 0.1) is 0 Å². The lowest BCUT2D eigenvalue weighted by molar-refractivity contribution is -0.132. The molecule has 0 unspecified atom stereocenters. The summed E-state index contributed by atoms with van der Waals surface area (Å²) in [6, 6.07) is 0. The molecule has 0 bridgehead atoms. The maximum Gasteiger partial charge on any atom is 0.331 e.